The number of carbonyl (C=O) groups is 3. The quantitative estimate of drug-likeness (QED) is 0.568. The van der Waals surface area contributed by atoms with Crippen LogP contribution in [0.4, 0.5) is 4.79 Å². The fourth-order valence-corrected chi connectivity index (χ4v) is 1.96. The first-order valence-electron chi connectivity index (χ1n) is 7.63. The van der Waals surface area contributed by atoms with Crippen LogP contribution in [0.15, 0.2) is 5.16 Å². The highest BCUT2D eigenvalue weighted by atomic mass is 16.6. The molecule has 2 atom stereocenters. The van der Waals surface area contributed by atoms with Gasteiger partial charge in [-0.15, -0.1) is 0 Å². The Morgan fingerprint density at radius 3 is 2.58 bits per heavy atom. The Morgan fingerprint density at radius 1 is 1.38 bits per heavy atom. The number of hydrogen-bond acceptors (Lipinski definition) is 8. The monoisotopic (exact) mass is 344 g/mol. The van der Waals surface area contributed by atoms with Crippen molar-refractivity contribution < 1.29 is 33.4 Å². The lowest BCUT2D eigenvalue weighted by molar-refractivity contribution is -0.144. The van der Waals surface area contributed by atoms with E-state index in [1.54, 1.807) is 27.7 Å². The van der Waals surface area contributed by atoms with Crippen molar-refractivity contribution in [3.8, 4) is 0 Å². The Hall–Kier alpha value is -2.32. The first kappa shape index (κ1) is 19.7. The predicted octanol–water partition coefficient (Wildman–Crippen LogP) is 1.15. The van der Waals surface area contributed by atoms with Gasteiger partial charge in [0.15, 0.2) is 5.71 Å². The van der Waals surface area contributed by atoms with Crippen molar-refractivity contribution >= 4 is 23.7 Å². The number of esters is 2. The molecule has 1 aliphatic rings. The summed E-state index contributed by atoms with van der Waals surface area (Å²) in [6.07, 6.45) is -1.04. The molecule has 0 aliphatic carbocycles. The van der Waals surface area contributed by atoms with E-state index in [0.29, 0.717) is 0 Å². The summed E-state index contributed by atoms with van der Waals surface area (Å²) in [5, 5.41) is 6.10. The molecule has 0 aromatic heterocycles. The summed E-state index contributed by atoms with van der Waals surface area (Å²) < 4.78 is 14.6. The number of ether oxygens (including phenoxy) is 3. The topological polar surface area (TPSA) is 113 Å². The molecule has 0 saturated heterocycles. The second kappa shape index (κ2) is 8.51. The molecule has 136 valence electrons. The molecule has 0 aromatic carbocycles. The van der Waals surface area contributed by atoms with Crippen LogP contribution >= 0.6 is 0 Å². The standard InChI is InChI=1S/C15H24N2O7/c1-6-22-13(19)11-8-9(24-17-11)7-10(12(18)21-5)16-14(20)23-15(2,3)4/h9-10H,6-8H2,1-5H3,(H,16,20)/t9-,10+/m1/s1. The minimum Gasteiger partial charge on any atom is -0.467 e. The minimum absolute atomic E-state index is 0.0817. The molecular weight excluding hydrogens is 320 g/mol. The van der Waals surface area contributed by atoms with Crippen molar-refractivity contribution in [2.24, 2.45) is 5.16 Å². The zero-order valence-corrected chi connectivity index (χ0v) is 14.6. The van der Waals surface area contributed by atoms with Crippen LogP contribution < -0.4 is 5.32 Å². The summed E-state index contributed by atoms with van der Waals surface area (Å²) in [7, 11) is 1.21. The van der Waals surface area contributed by atoms with Gasteiger partial charge in [-0.25, -0.2) is 14.4 Å². The van der Waals surface area contributed by atoms with Crippen molar-refractivity contribution in [2.45, 2.75) is 58.3 Å². The van der Waals surface area contributed by atoms with Crippen molar-refractivity contribution in [3.63, 3.8) is 0 Å². The zero-order chi connectivity index (χ0) is 18.3. The molecule has 1 amide bonds. The summed E-state index contributed by atoms with van der Waals surface area (Å²) in [5.41, 5.74) is -0.558. The van der Waals surface area contributed by atoms with E-state index < -0.39 is 35.8 Å². The zero-order valence-electron chi connectivity index (χ0n) is 14.6. The normalized spacial score (nSPS) is 18.0. The number of amides is 1. The third-order valence-corrected chi connectivity index (χ3v) is 2.92. The van der Waals surface area contributed by atoms with Crippen molar-refractivity contribution in [1.29, 1.82) is 0 Å². The summed E-state index contributed by atoms with van der Waals surface area (Å²) in [6, 6.07) is -0.980. The molecule has 9 heteroatoms. The molecule has 0 spiro atoms. The number of nitrogens with zero attached hydrogens (tertiary/aromatic N) is 1. The van der Waals surface area contributed by atoms with Crippen molar-refractivity contribution in [2.75, 3.05) is 13.7 Å². The number of carbonyl (C=O) groups excluding carboxylic acids is 3. The fourth-order valence-electron chi connectivity index (χ4n) is 1.96. The highest BCUT2D eigenvalue weighted by molar-refractivity contribution is 6.36. The van der Waals surface area contributed by atoms with Gasteiger partial charge in [-0.2, -0.15) is 0 Å². The Labute approximate surface area is 140 Å². The average molecular weight is 344 g/mol. The lowest BCUT2D eigenvalue weighted by Gasteiger charge is -2.23. The molecule has 24 heavy (non-hydrogen) atoms. The van der Waals surface area contributed by atoms with Gasteiger partial charge in [-0.1, -0.05) is 5.16 Å². The Kier molecular flexibility index (Phi) is 6.99. The maximum Gasteiger partial charge on any atom is 0.408 e. The number of hydrogen-bond donors (Lipinski definition) is 1. The van der Waals surface area contributed by atoms with Gasteiger partial charge in [-0.3, -0.25) is 0 Å². The van der Waals surface area contributed by atoms with Gasteiger partial charge in [0.05, 0.1) is 13.7 Å². The molecule has 0 fully saturated rings. The van der Waals surface area contributed by atoms with Gasteiger partial charge in [0, 0.05) is 12.8 Å². The fraction of sp³-hybridized carbons (Fsp3) is 0.733. The van der Waals surface area contributed by atoms with Crippen LogP contribution in [0.2, 0.25) is 0 Å². The third kappa shape index (κ3) is 6.43. The van der Waals surface area contributed by atoms with Crippen LogP contribution in [-0.2, 0) is 28.6 Å². The maximum absolute atomic E-state index is 11.8. The molecule has 1 aliphatic heterocycles. The molecule has 9 nitrogen and oxygen atoms in total. The van der Waals surface area contributed by atoms with Gasteiger partial charge in [0.2, 0.25) is 0 Å². The van der Waals surface area contributed by atoms with E-state index in [-0.39, 0.29) is 25.2 Å². The van der Waals surface area contributed by atoms with E-state index in [2.05, 4.69) is 15.2 Å². The molecule has 1 heterocycles. The van der Waals surface area contributed by atoms with Crippen LogP contribution in [0, 0.1) is 0 Å². The maximum atomic E-state index is 11.8. The molecule has 1 N–H and O–H groups in total. The molecule has 0 unspecified atom stereocenters. The Bertz CT molecular complexity index is 510. The predicted molar refractivity (Wildman–Crippen MR) is 83.3 cm³/mol. The second-order valence-electron chi connectivity index (χ2n) is 6.15. The highest BCUT2D eigenvalue weighted by Crippen LogP contribution is 2.18. The second-order valence-corrected chi connectivity index (χ2v) is 6.15. The van der Waals surface area contributed by atoms with Crippen LogP contribution in [0.1, 0.15) is 40.5 Å². The number of rotatable bonds is 6. The van der Waals surface area contributed by atoms with E-state index in [0.717, 1.165) is 0 Å². The van der Waals surface area contributed by atoms with Gasteiger partial charge < -0.3 is 24.4 Å². The summed E-state index contributed by atoms with van der Waals surface area (Å²) in [4.78, 5) is 40.4. The number of oxime groups is 1. The molecule has 0 saturated carbocycles. The van der Waals surface area contributed by atoms with Crippen LogP contribution in [0.3, 0.4) is 0 Å². The van der Waals surface area contributed by atoms with E-state index in [4.69, 9.17) is 14.3 Å². The number of alkyl carbamates (subject to hydrolysis) is 1. The first-order valence-corrected chi connectivity index (χ1v) is 7.63. The van der Waals surface area contributed by atoms with Gasteiger partial charge in [0.25, 0.3) is 0 Å². The summed E-state index contributed by atoms with van der Waals surface area (Å²) in [6.45, 7) is 7.04. The van der Waals surface area contributed by atoms with E-state index in [1.807, 2.05) is 0 Å². The van der Waals surface area contributed by atoms with Gasteiger partial charge in [0.1, 0.15) is 17.7 Å². The van der Waals surface area contributed by atoms with Crippen LogP contribution in [0.5, 0.6) is 0 Å². The van der Waals surface area contributed by atoms with Crippen LogP contribution in [-0.4, -0.2) is 55.2 Å². The average Bonchev–Trinajstić information content (AvgIpc) is 2.92. The molecule has 0 radical (unpaired) electrons. The van der Waals surface area contributed by atoms with E-state index in [9.17, 15) is 14.4 Å². The molecule has 1 rings (SSSR count). The third-order valence-electron chi connectivity index (χ3n) is 2.92. The van der Waals surface area contributed by atoms with Gasteiger partial charge in [-0.05, 0) is 27.7 Å². The number of nitrogens with one attached hydrogen (secondary N) is 1. The minimum atomic E-state index is -0.980. The number of methoxy groups -OCH3 is 1. The molecule has 0 aromatic rings. The first-order chi connectivity index (χ1) is 11.2. The van der Waals surface area contributed by atoms with E-state index >= 15 is 0 Å². The summed E-state index contributed by atoms with van der Waals surface area (Å²) in [5.74, 6) is -1.20. The lowest BCUT2D eigenvalue weighted by atomic mass is 10.0. The van der Waals surface area contributed by atoms with Crippen molar-refractivity contribution in [1.82, 2.24) is 5.32 Å². The van der Waals surface area contributed by atoms with E-state index in [1.165, 1.54) is 7.11 Å². The smallest absolute Gasteiger partial charge is 0.408 e. The lowest BCUT2D eigenvalue weighted by Crippen LogP contribution is -2.45. The molecule has 0 bridgehead atoms. The Balaban J connectivity index is 2.61. The van der Waals surface area contributed by atoms with Crippen LogP contribution in [0.25, 0.3) is 0 Å². The molecular formula is C15H24N2O7. The summed E-state index contributed by atoms with van der Waals surface area (Å²) >= 11 is 0. The highest BCUT2D eigenvalue weighted by Gasteiger charge is 2.33. The Morgan fingerprint density at radius 2 is 2.04 bits per heavy atom. The van der Waals surface area contributed by atoms with Gasteiger partial charge >= 0.3 is 18.0 Å². The van der Waals surface area contributed by atoms with Crippen molar-refractivity contribution in [3.05, 3.63) is 0 Å². The largest absolute Gasteiger partial charge is 0.467 e. The SMILES string of the molecule is CCOC(=O)C1=NO[C@H](C[C@H](NC(=O)OC(C)(C)C)C(=O)OC)C1.